The predicted molar refractivity (Wildman–Crippen MR) is 106 cm³/mol. The highest BCUT2D eigenvalue weighted by atomic mass is 32.2. The Hall–Kier alpha value is -2.68. The van der Waals surface area contributed by atoms with Crippen molar-refractivity contribution in [1.82, 2.24) is 10.3 Å². The Labute approximate surface area is 158 Å². The van der Waals surface area contributed by atoms with Gasteiger partial charge in [0, 0.05) is 23.4 Å². The largest absolute Gasteiger partial charge is 0.358 e. The number of aromatic nitrogens is 1. The van der Waals surface area contributed by atoms with Crippen molar-refractivity contribution >= 4 is 32.5 Å². The molecule has 8 heteroatoms. The molecule has 0 atom stereocenters. The molecule has 27 heavy (non-hydrogen) atoms. The first kappa shape index (κ1) is 19.1. The molecule has 3 rings (SSSR count). The Balaban J connectivity index is 1.45. The summed E-state index contributed by atoms with van der Waals surface area (Å²) >= 11 is 0. The van der Waals surface area contributed by atoms with E-state index < -0.39 is 10.0 Å². The van der Waals surface area contributed by atoms with Gasteiger partial charge >= 0.3 is 0 Å². The quantitative estimate of drug-likeness (QED) is 0.464. The topological polar surface area (TPSA) is 117 Å². The molecule has 0 fully saturated rings. The first-order chi connectivity index (χ1) is 12.8. The molecule has 0 unspecified atom stereocenters. The van der Waals surface area contributed by atoms with Crippen molar-refractivity contribution in [2.75, 3.05) is 18.4 Å². The van der Waals surface area contributed by atoms with Crippen LogP contribution < -0.4 is 15.8 Å². The third kappa shape index (κ3) is 5.16. The predicted octanol–water partition coefficient (Wildman–Crippen LogP) is 1.89. The van der Waals surface area contributed by atoms with Crippen molar-refractivity contribution in [2.24, 2.45) is 5.14 Å². The van der Waals surface area contributed by atoms with E-state index in [1.807, 2.05) is 0 Å². The van der Waals surface area contributed by atoms with Gasteiger partial charge in [-0.3, -0.25) is 4.79 Å². The average molecular weight is 386 g/mol. The van der Waals surface area contributed by atoms with Crippen molar-refractivity contribution in [3.05, 3.63) is 59.8 Å². The molecule has 1 aromatic heterocycles. The second kappa shape index (κ2) is 7.91. The van der Waals surface area contributed by atoms with Gasteiger partial charge in [-0.1, -0.05) is 11.6 Å². The van der Waals surface area contributed by atoms with Gasteiger partial charge in [0.15, 0.2) is 0 Å². The van der Waals surface area contributed by atoms with Crippen LogP contribution in [0.3, 0.4) is 0 Å². The van der Waals surface area contributed by atoms with E-state index in [0.717, 1.165) is 17.6 Å². The van der Waals surface area contributed by atoms with E-state index in [1.54, 1.807) is 0 Å². The van der Waals surface area contributed by atoms with Gasteiger partial charge in [0.1, 0.15) is 0 Å². The molecule has 1 heterocycles. The zero-order chi connectivity index (χ0) is 19.4. The minimum Gasteiger partial charge on any atom is -0.358 e. The summed E-state index contributed by atoms with van der Waals surface area (Å²) in [5.41, 5.74) is 3.96. The molecule has 0 spiro atoms. The summed E-state index contributed by atoms with van der Waals surface area (Å²) in [6.45, 7) is 2.88. The van der Waals surface area contributed by atoms with E-state index in [1.165, 1.54) is 35.2 Å². The number of nitrogens with one attached hydrogen (secondary N) is 3. The molecule has 0 saturated heterocycles. The molecule has 0 aliphatic heterocycles. The van der Waals surface area contributed by atoms with E-state index in [4.69, 9.17) is 5.14 Å². The lowest BCUT2D eigenvalue weighted by molar-refractivity contribution is -0.115. The van der Waals surface area contributed by atoms with Crippen LogP contribution in [0.4, 0.5) is 5.69 Å². The Morgan fingerprint density at radius 2 is 1.85 bits per heavy atom. The number of hydrogen-bond donors (Lipinski definition) is 4. The molecule has 0 aliphatic carbocycles. The molecule has 0 radical (unpaired) electrons. The van der Waals surface area contributed by atoms with Crippen molar-refractivity contribution in [3.8, 4) is 0 Å². The Morgan fingerprint density at radius 3 is 2.56 bits per heavy atom. The fourth-order valence-corrected chi connectivity index (χ4v) is 3.32. The lowest BCUT2D eigenvalue weighted by Crippen LogP contribution is -2.29. The SMILES string of the molecule is Cc1ccc2[nH]c(CCNCC(=O)Nc3ccc(S(N)(=O)=O)cc3)cc2c1. The van der Waals surface area contributed by atoms with Crippen LogP contribution in [0, 0.1) is 6.92 Å². The molecule has 3 aromatic rings. The van der Waals surface area contributed by atoms with Crippen LogP contribution >= 0.6 is 0 Å². The van der Waals surface area contributed by atoms with Crippen LogP contribution in [0.1, 0.15) is 11.3 Å². The fraction of sp³-hybridized carbons (Fsp3) is 0.211. The molecule has 0 aliphatic rings. The number of aromatic amines is 1. The lowest BCUT2D eigenvalue weighted by Gasteiger charge is -2.07. The van der Waals surface area contributed by atoms with Crippen molar-refractivity contribution in [3.63, 3.8) is 0 Å². The highest BCUT2D eigenvalue weighted by molar-refractivity contribution is 7.89. The zero-order valence-corrected chi connectivity index (χ0v) is 15.8. The van der Waals surface area contributed by atoms with E-state index in [0.29, 0.717) is 12.2 Å². The summed E-state index contributed by atoms with van der Waals surface area (Å²) < 4.78 is 22.4. The third-order valence-electron chi connectivity index (χ3n) is 4.16. The number of nitrogens with two attached hydrogens (primary N) is 1. The molecule has 5 N–H and O–H groups in total. The normalized spacial score (nSPS) is 11.6. The number of sulfonamides is 1. The zero-order valence-electron chi connectivity index (χ0n) is 15.0. The van der Waals surface area contributed by atoms with Crippen molar-refractivity contribution in [1.29, 1.82) is 0 Å². The number of hydrogen-bond acceptors (Lipinski definition) is 4. The lowest BCUT2D eigenvalue weighted by atomic mass is 10.2. The number of carbonyl (C=O) groups is 1. The number of benzene rings is 2. The Morgan fingerprint density at radius 1 is 1.11 bits per heavy atom. The van der Waals surface area contributed by atoms with Crippen LogP contribution in [-0.4, -0.2) is 32.4 Å². The number of amides is 1. The molecule has 2 aromatic carbocycles. The first-order valence-electron chi connectivity index (χ1n) is 8.53. The van der Waals surface area contributed by atoms with E-state index >= 15 is 0 Å². The van der Waals surface area contributed by atoms with Gasteiger partial charge in [0.05, 0.1) is 11.4 Å². The highest BCUT2D eigenvalue weighted by Crippen LogP contribution is 2.17. The molecular formula is C19H22N4O3S. The summed E-state index contributed by atoms with van der Waals surface area (Å²) in [5.74, 6) is -0.203. The number of rotatable bonds is 7. The van der Waals surface area contributed by atoms with Crippen LogP contribution in [0.25, 0.3) is 10.9 Å². The number of aryl methyl sites for hydroxylation is 1. The number of anilines is 1. The fourth-order valence-electron chi connectivity index (χ4n) is 2.80. The van der Waals surface area contributed by atoms with Gasteiger partial charge in [-0.05, 0) is 61.2 Å². The first-order valence-corrected chi connectivity index (χ1v) is 10.1. The van der Waals surface area contributed by atoms with Crippen LogP contribution in [0.2, 0.25) is 0 Å². The van der Waals surface area contributed by atoms with Gasteiger partial charge in [-0.15, -0.1) is 0 Å². The van der Waals surface area contributed by atoms with Gasteiger partial charge < -0.3 is 15.6 Å². The monoisotopic (exact) mass is 386 g/mol. The van der Waals surface area contributed by atoms with Crippen LogP contribution in [0.15, 0.2) is 53.4 Å². The number of primary sulfonamides is 1. The van der Waals surface area contributed by atoms with Gasteiger partial charge in [0.2, 0.25) is 15.9 Å². The van der Waals surface area contributed by atoms with E-state index in [-0.39, 0.29) is 17.3 Å². The maximum absolute atomic E-state index is 12.0. The van der Waals surface area contributed by atoms with Crippen molar-refractivity contribution in [2.45, 2.75) is 18.2 Å². The molecule has 142 valence electrons. The maximum atomic E-state index is 12.0. The van der Waals surface area contributed by atoms with Crippen molar-refractivity contribution < 1.29 is 13.2 Å². The summed E-state index contributed by atoms with van der Waals surface area (Å²) in [5, 5.41) is 12.0. The number of fused-ring (bicyclic) bond motifs is 1. The van der Waals surface area contributed by atoms with Gasteiger partial charge in [-0.25, -0.2) is 13.6 Å². The second-order valence-corrected chi connectivity index (χ2v) is 7.99. The minimum absolute atomic E-state index is 0.00662. The maximum Gasteiger partial charge on any atom is 0.238 e. The van der Waals surface area contributed by atoms with E-state index in [9.17, 15) is 13.2 Å². The summed E-state index contributed by atoms with van der Waals surface area (Å²) in [6, 6.07) is 14.1. The minimum atomic E-state index is -3.73. The summed E-state index contributed by atoms with van der Waals surface area (Å²) in [7, 11) is -3.73. The Bertz CT molecular complexity index is 1060. The molecule has 7 nitrogen and oxygen atoms in total. The molecule has 1 amide bonds. The van der Waals surface area contributed by atoms with Crippen LogP contribution in [0.5, 0.6) is 0 Å². The average Bonchev–Trinajstić information content (AvgIpc) is 3.00. The standard InChI is InChI=1S/C19H22N4O3S/c1-13-2-7-18-14(10-13)11-16(22-18)8-9-21-12-19(24)23-15-3-5-17(6-4-15)27(20,25)26/h2-7,10-11,21-22H,8-9,12H2,1H3,(H,23,24)(H2,20,25,26). The van der Waals surface area contributed by atoms with Gasteiger partial charge in [0.25, 0.3) is 0 Å². The molecule has 0 saturated carbocycles. The second-order valence-electron chi connectivity index (χ2n) is 6.43. The van der Waals surface area contributed by atoms with E-state index in [2.05, 4.69) is 46.8 Å². The molecular weight excluding hydrogens is 364 g/mol. The summed E-state index contributed by atoms with van der Waals surface area (Å²) in [4.78, 5) is 15.3. The third-order valence-corrected chi connectivity index (χ3v) is 5.08. The van der Waals surface area contributed by atoms with Gasteiger partial charge in [-0.2, -0.15) is 0 Å². The highest BCUT2D eigenvalue weighted by Gasteiger charge is 2.08. The summed E-state index contributed by atoms with van der Waals surface area (Å²) in [6.07, 6.45) is 0.782. The molecule has 0 bridgehead atoms. The van der Waals surface area contributed by atoms with Crippen LogP contribution in [-0.2, 0) is 21.2 Å². The number of carbonyl (C=O) groups excluding carboxylic acids is 1. The Kier molecular flexibility index (Phi) is 5.59. The number of H-pyrrole nitrogens is 1. The smallest absolute Gasteiger partial charge is 0.238 e.